The molecule has 1 fully saturated rings. The average Bonchev–Trinajstić information content (AvgIpc) is 2.47. The molecule has 0 aliphatic heterocycles. The van der Waals surface area contributed by atoms with Gasteiger partial charge >= 0.3 is 0 Å². The van der Waals surface area contributed by atoms with Crippen molar-refractivity contribution < 1.29 is 9.50 Å². The normalized spacial score (nSPS) is 24.2. The lowest BCUT2D eigenvalue weighted by Crippen LogP contribution is -2.43. The lowest BCUT2D eigenvalue weighted by Gasteiger charge is -2.35. The molecule has 1 unspecified atom stereocenters. The molecule has 1 aliphatic rings. The zero-order chi connectivity index (χ0) is 16.2. The van der Waals surface area contributed by atoms with Crippen molar-refractivity contribution in [1.82, 2.24) is 5.32 Å². The molecule has 4 heteroatoms. The van der Waals surface area contributed by atoms with Crippen molar-refractivity contribution >= 4 is 0 Å². The van der Waals surface area contributed by atoms with Crippen LogP contribution in [0.15, 0.2) is 24.3 Å². The van der Waals surface area contributed by atoms with Crippen LogP contribution >= 0.6 is 0 Å². The quantitative estimate of drug-likeness (QED) is 0.757. The first-order chi connectivity index (χ1) is 10.4. The third-order valence-corrected chi connectivity index (χ3v) is 4.70. The van der Waals surface area contributed by atoms with Gasteiger partial charge in [-0.05, 0) is 69.6 Å². The summed E-state index contributed by atoms with van der Waals surface area (Å²) in [6.45, 7) is 4.77. The van der Waals surface area contributed by atoms with Gasteiger partial charge in [0.05, 0.1) is 6.10 Å². The minimum absolute atomic E-state index is 0.0413. The minimum Gasteiger partial charge on any atom is -0.387 e. The van der Waals surface area contributed by atoms with E-state index in [9.17, 15) is 9.50 Å². The van der Waals surface area contributed by atoms with E-state index >= 15 is 0 Å². The summed E-state index contributed by atoms with van der Waals surface area (Å²) >= 11 is 0. The second-order valence-electron chi connectivity index (χ2n) is 7.32. The van der Waals surface area contributed by atoms with Gasteiger partial charge in [-0.15, -0.1) is 0 Å². The molecule has 0 bridgehead atoms. The Labute approximate surface area is 133 Å². The van der Waals surface area contributed by atoms with Crippen LogP contribution in [0, 0.1) is 11.7 Å². The van der Waals surface area contributed by atoms with E-state index in [1.165, 1.54) is 25.0 Å². The van der Waals surface area contributed by atoms with Crippen LogP contribution in [0.5, 0.6) is 0 Å². The van der Waals surface area contributed by atoms with Gasteiger partial charge in [0, 0.05) is 18.1 Å². The van der Waals surface area contributed by atoms with Gasteiger partial charge in [0.1, 0.15) is 5.82 Å². The van der Waals surface area contributed by atoms with Crippen molar-refractivity contribution in [1.29, 1.82) is 0 Å². The summed E-state index contributed by atoms with van der Waals surface area (Å²) in [4.78, 5) is 0. The summed E-state index contributed by atoms with van der Waals surface area (Å²) in [5.74, 6) is 0.392. The Balaban J connectivity index is 1.81. The average molecular weight is 308 g/mol. The second kappa shape index (κ2) is 7.53. The third-order valence-electron chi connectivity index (χ3n) is 4.70. The number of β-amino-alcohol motifs (C(OH)–C–C–N with tert-alkyl or cyclic N) is 1. The smallest absolute Gasteiger partial charge is 0.123 e. The number of aliphatic hydroxyl groups excluding tert-OH is 1. The predicted molar refractivity (Wildman–Crippen MR) is 88.0 cm³/mol. The molecule has 124 valence electrons. The third kappa shape index (κ3) is 5.34. The van der Waals surface area contributed by atoms with Crippen LogP contribution in [-0.4, -0.2) is 23.2 Å². The van der Waals surface area contributed by atoms with Crippen LogP contribution in [0.4, 0.5) is 4.39 Å². The molecule has 1 aromatic carbocycles. The summed E-state index contributed by atoms with van der Waals surface area (Å²) in [5, 5.41) is 13.6. The lowest BCUT2D eigenvalue weighted by atomic mass is 9.79. The first kappa shape index (κ1) is 17.4. The molecule has 4 N–H and O–H groups in total. The molecule has 1 aromatic rings. The first-order valence-electron chi connectivity index (χ1n) is 8.30. The number of rotatable bonds is 6. The molecule has 3 nitrogen and oxygen atoms in total. The molecule has 0 radical (unpaired) electrons. The summed E-state index contributed by atoms with van der Waals surface area (Å²) in [6, 6.07) is 6.54. The van der Waals surface area contributed by atoms with Gasteiger partial charge in [-0.1, -0.05) is 12.1 Å². The van der Waals surface area contributed by atoms with Crippen LogP contribution in [0.2, 0.25) is 0 Å². The summed E-state index contributed by atoms with van der Waals surface area (Å²) in [6.07, 6.45) is 5.02. The largest absolute Gasteiger partial charge is 0.387 e. The number of benzene rings is 1. The minimum atomic E-state index is -0.685. The number of aliphatic hydroxyl groups is 1. The van der Waals surface area contributed by atoms with Crippen LogP contribution in [0.25, 0.3) is 0 Å². The maximum atomic E-state index is 13.2. The molecule has 0 spiro atoms. The van der Waals surface area contributed by atoms with Crippen LogP contribution in [0.3, 0.4) is 0 Å². The second-order valence-corrected chi connectivity index (χ2v) is 7.32. The molecule has 0 amide bonds. The van der Waals surface area contributed by atoms with E-state index < -0.39 is 6.10 Å². The lowest BCUT2D eigenvalue weighted by molar-refractivity contribution is 0.150. The Morgan fingerprint density at radius 3 is 2.64 bits per heavy atom. The van der Waals surface area contributed by atoms with E-state index in [0.717, 1.165) is 19.3 Å². The Bertz CT molecular complexity index is 470. The zero-order valence-corrected chi connectivity index (χ0v) is 13.7. The predicted octanol–water partition coefficient (Wildman–Crippen LogP) is 3.13. The van der Waals surface area contributed by atoms with Gasteiger partial charge in [0.15, 0.2) is 0 Å². The summed E-state index contributed by atoms with van der Waals surface area (Å²) in [7, 11) is 0. The van der Waals surface area contributed by atoms with E-state index in [-0.39, 0.29) is 11.4 Å². The summed E-state index contributed by atoms with van der Waals surface area (Å²) < 4.78 is 13.2. The Kier molecular flexibility index (Phi) is 5.95. The van der Waals surface area contributed by atoms with Crippen molar-refractivity contribution in [3.63, 3.8) is 0 Å². The zero-order valence-electron chi connectivity index (χ0n) is 13.7. The molecule has 0 heterocycles. The van der Waals surface area contributed by atoms with Gasteiger partial charge in [0.25, 0.3) is 0 Å². The molecule has 0 saturated heterocycles. The van der Waals surface area contributed by atoms with Crippen LogP contribution < -0.4 is 11.1 Å². The fraction of sp³-hybridized carbons (Fsp3) is 0.667. The first-order valence-corrected chi connectivity index (χ1v) is 8.30. The topological polar surface area (TPSA) is 58.3 Å². The molecular formula is C18H29FN2O. The van der Waals surface area contributed by atoms with Crippen molar-refractivity contribution in [2.24, 2.45) is 11.7 Å². The molecule has 0 aromatic heterocycles. The number of nitrogens with one attached hydrogen (secondary N) is 1. The SMILES string of the molecule is CC(C)(CC1CCC(N)CC1)NCC(O)c1cccc(F)c1. The highest BCUT2D eigenvalue weighted by atomic mass is 19.1. The molecule has 1 aliphatic carbocycles. The number of hydrogen-bond donors (Lipinski definition) is 3. The van der Waals surface area contributed by atoms with E-state index in [1.807, 2.05) is 0 Å². The Morgan fingerprint density at radius 2 is 2.00 bits per heavy atom. The Morgan fingerprint density at radius 1 is 1.32 bits per heavy atom. The van der Waals surface area contributed by atoms with Gasteiger partial charge in [0.2, 0.25) is 0 Å². The standard InChI is InChI=1S/C18H29FN2O/c1-18(2,11-13-6-8-16(20)9-7-13)21-12-17(22)14-4-3-5-15(19)10-14/h3-5,10,13,16-17,21-22H,6-9,11-12,20H2,1-2H3. The molecule has 1 atom stereocenters. The monoisotopic (exact) mass is 308 g/mol. The maximum absolute atomic E-state index is 13.2. The van der Waals surface area contributed by atoms with E-state index in [4.69, 9.17) is 5.73 Å². The van der Waals surface area contributed by atoms with E-state index in [0.29, 0.717) is 24.1 Å². The van der Waals surface area contributed by atoms with Gasteiger partial charge in [-0.25, -0.2) is 4.39 Å². The maximum Gasteiger partial charge on any atom is 0.123 e. The van der Waals surface area contributed by atoms with Gasteiger partial charge in [-0.2, -0.15) is 0 Å². The Hall–Kier alpha value is -0.970. The van der Waals surface area contributed by atoms with Crippen molar-refractivity contribution in [2.75, 3.05) is 6.54 Å². The van der Waals surface area contributed by atoms with Gasteiger partial charge < -0.3 is 16.2 Å². The number of hydrogen-bond acceptors (Lipinski definition) is 3. The van der Waals surface area contributed by atoms with Crippen LogP contribution in [0.1, 0.15) is 57.6 Å². The van der Waals surface area contributed by atoms with Crippen molar-refractivity contribution in [3.05, 3.63) is 35.6 Å². The molecule has 1 saturated carbocycles. The van der Waals surface area contributed by atoms with Crippen molar-refractivity contribution in [2.45, 2.75) is 63.6 Å². The highest BCUT2D eigenvalue weighted by Gasteiger charge is 2.26. The summed E-state index contributed by atoms with van der Waals surface area (Å²) in [5.41, 5.74) is 6.53. The highest BCUT2D eigenvalue weighted by Crippen LogP contribution is 2.30. The fourth-order valence-corrected chi connectivity index (χ4v) is 3.39. The molecule has 2 rings (SSSR count). The van der Waals surface area contributed by atoms with Gasteiger partial charge in [-0.3, -0.25) is 0 Å². The fourth-order valence-electron chi connectivity index (χ4n) is 3.39. The number of nitrogens with two attached hydrogens (primary N) is 1. The molecular weight excluding hydrogens is 279 g/mol. The number of halogens is 1. The van der Waals surface area contributed by atoms with E-state index in [2.05, 4.69) is 19.2 Å². The molecule has 22 heavy (non-hydrogen) atoms. The van der Waals surface area contributed by atoms with Crippen molar-refractivity contribution in [3.8, 4) is 0 Å². The van der Waals surface area contributed by atoms with Crippen LogP contribution in [-0.2, 0) is 0 Å². The van der Waals surface area contributed by atoms with E-state index in [1.54, 1.807) is 12.1 Å². The highest BCUT2D eigenvalue weighted by molar-refractivity contribution is 5.19.